The molecule has 2 heterocycles. The summed E-state index contributed by atoms with van der Waals surface area (Å²) in [5.41, 5.74) is 3.83. The van der Waals surface area contributed by atoms with Gasteiger partial charge in [-0.1, -0.05) is 36.4 Å². The van der Waals surface area contributed by atoms with Gasteiger partial charge in [0, 0.05) is 36.9 Å². The first kappa shape index (κ1) is 27.8. The van der Waals surface area contributed by atoms with Crippen molar-refractivity contribution in [3.8, 4) is 16.9 Å². The number of carbonyl (C=O) groups excluding carboxylic acids is 1. The number of rotatable bonds is 10. The molecule has 1 N–H and O–H groups in total. The summed E-state index contributed by atoms with van der Waals surface area (Å²) in [4.78, 5) is 16.6. The Hall–Kier alpha value is -4.71. The fourth-order valence-corrected chi connectivity index (χ4v) is 4.83. The van der Waals surface area contributed by atoms with E-state index in [9.17, 15) is 26.4 Å². The van der Waals surface area contributed by atoms with E-state index in [2.05, 4.69) is 20.1 Å². The average molecular weight is 581 g/mol. The van der Waals surface area contributed by atoms with E-state index in [1.54, 1.807) is 24.4 Å². The van der Waals surface area contributed by atoms with Gasteiger partial charge in [0.05, 0.1) is 10.6 Å². The Balaban J connectivity index is 1.31. The summed E-state index contributed by atoms with van der Waals surface area (Å²) in [5, 5.41) is 7.16. The van der Waals surface area contributed by atoms with Crippen molar-refractivity contribution in [2.24, 2.45) is 0 Å². The number of halogens is 3. The second-order valence-corrected chi connectivity index (χ2v) is 11.3. The summed E-state index contributed by atoms with van der Waals surface area (Å²) in [6.07, 6.45) is 3.17. The molecule has 0 amide bonds. The molecule has 5 rings (SSSR count). The molecule has 5 aromatic rings. The van der Waals surface area contributed by atoms with E-state index in [0.717, 1.165) is 34.6 Å². The van der Waals surface area contributed by atoms with Crippen LogP contribution < -0.4 is 10.1 Å². The maximum Gasteiger partial charge on any atom is 0.387 e. The Kier molecular flexibility index (Phi) is 7.75. The van der Waals surface area contributed by atoms with E-state index >= 15 is 0 Å². The molecule has 0 bridgehead atoms. The molecular formula is C29H23F3N4O4S. The number of alkyl halides is 2. The fraction of sp³-hybridized carbons (Fsp3) is 0.138. The lowest BCUT2D eigenvalue weighted by Crippen LogP contribution is -2.07. The molecule has 0 spiro atoms. The molecule has 41 heavy (non-hydrogen) atoms. The monoisotopic (exact) mass is 580 g/mol. The number of hydrogen-bond donors (Lipinski definition) is 1. The predicted molar refractivity (Wildman–Crippen MR) is 147 cm³/mol. The number of hydrogen-bond acceptors (Lipinski definition) is 7. The number of sulfone groups is 1. The van der Waals surface area contributed by atoms with Crippen LogP contribution >= 0.6 is 0 Å². The van der Waals surface area contributed by atoms with E-state index in [-0.39, 0.29) is 46.7 Å². The Morgan fingerprint density at radius 2 is 1.56 bits per heavy atom. The maximum absolute atomic E-state index is 13.1. The minimum atomic E-state index is -3.64. The molecule has 0 unspecified atom stereocenters. The molecule has 0 saturated carbocycles. The van der Waals surface area contributed by atoms with E-state index in [1.165, 1.54) is 28.8 Å². The zero-order chi connectivity index (χ0) is 29.1. The molecule has 0 saturated heterocycles. The normalized spacial score (nSPS) is 11.6. The summed E-state index contributed by atoms with van der Waals surface area (Å²) in [6, 6.07) is 20.5. The predicted octanol–water partition coefficient (Wildman–Crippen LogP) is 5.64. The minimum absolute atomic E-state index is 0.0153. The number of aromatic nitrogens is 3. The topological polar surface area (TPSA) is 103 Å². The lowest BCUT2D eigenvalue weighted by molar-refractivity contribution is -0.117. The van der Waals surface area contributed by atoms with Gasteiger partial charge >= 0.3 is 6.61 Å². The molecule has 210 valence electrons. The molecule has 12 heteroatoms. The van der Waals surface area contributed by atoms with Crippen LogP contribution in [0.4, 0.5) is 24.8 Å². The first-order chi connectivity index (χ1) is 19.5. The highest BCUT2D eigenvalue weighted by molar-refractivity contribution is 7.90. The number of benzene rings is 3. The first-order valence-electron chi connectivity index (χ1n) is 12.3. The minimum Gasteiger partial charge on any atom is -0.433 e. The fourth-order valence-electron chi connectivity index (χ4n) is 4.19. The van der Waals surface area contributed by atoms with Crippen molar-refractivity contribution in [2.75, 3.05) is 11.6 Å². The second kappa shape index (κ2) is 11.4. The molecule has 2 aromatic heterocycles. The lowest BCUT2D eigenvalue weighted by atomic mass is 10.0. The summed E-state index contributed by atoms with van der Waals surface area (Å²) in [6.45, 7) is -3.17. The number of pyridine rings is 1. The summed E-state index contributed by atoms with van der Waals surface area (Å²) < 4.78 is 68.7. The number of nitrogens with one attached hydrogen (secondary N) is 1. The number of ketones is 1. The Bertz CT molecular complexity index is 1820. The summed E-state index contributed by atoms with van der Waals surface area (Å²) in [7, 11) is -3.64. The van der Waals surface area contributed by atoms with Crippen LogP contribution in [-0.4, -0.2) is 41.7 Å². The third kappa shape index (κ3) is 6.90. The molecule has 0 aliphatic rings. The molecule has 0 aliphatic carbocycles. The smallest absolute Gasteiger partial charge is 0.387 e. The van der Waals surface area contributed by atoms with Gasteiger partial charge in [0.2, 0.25) is 5.95 Å². The second-order valence-electron chi connectivity index (χ2n) is 9.31. The molecular weight excluding hydrogens is 557 g/mol. The number of carbonyl (C=O) groups is 1. The summed E-state index contributed by atoms with van der Waals surface area (Å²) in [5.74, 6) is -0.605. The van der Waals surface area contributed by atoms with Crippen LogP contribution in [-0.2, 0) is 27.5 Å². The van der Waals surface area contributed by atoms with E-state index in [0.29, 0.717) is 5.65 Å². The highest BCUT2D eigenvalue weighted by atomic mass is 32.2. The van der Waals surface area contributed by atoms with Gasteiger partial charge in [-0.3, -0.25) is 4.79 Å². The van der Waals surface area contributed by atoms with Crippen LogP contribution in [0.3, 0.4) is 0 Å². The average Bonchev–Trinajstić information content (AvgIpc) is 3.32. The van der Waals surface area contributed by atoms with Gasteiger partial charge in [-0.15, -0.1) is 5.10 Å². The van der Waals surface area contributed by atoms with Gasteiger partial charge in [-0.05, 0) is 53.1 Å². The van der Waals surface area contributed by atoms with E-state index in [4.69, 9.17) is 0 Å². The zero-order valence-electron chi connectivity index (χ0n) is 21.6. The molecule has 0 aliphatic heterocycles. The van der Waals surface area contributed by atoms with Crippen molar-refractivity contribution in [3.05, 3.63) is 102 Å². The third-order valence-corrected chi connectivity index (χ3v) is 7.29. The van der Waals surface area contributed by atoms with Crippen molar-refractivity contribution >= 4 is 32.9 Å². The van der Waals surface area contributed by atoms with Gasteiger partial charge in [0.1, 0.15) is 11.6 Å². The van der Waals surface area contributed by atoms with E-state index < -0.39 is 16.4 Å². The Labute approximate surface area is 233 Å². The standard InChI is InChI=1S/C29H23F3N4O4S/c1-41(38,39)24-11-12-25(26(16-24)40-28(31)32)33-29-34-27-13-8-21(17-36(27)35-29)20-6-2-18(3-7-20)14-23(37)15-19-4-9-22(30)10-5-19/h2-13,16-17,28H,14-15H2,1H3,(H,33,35). The van der Waals surface area contributed by atoms with Gasteiger partial charge in [0.15, 0.2) is 21.2 Å². The maximum atomic E-state index is 13.1. The number of fused-ring (bicyclic) bond motifs is 1. The lowest BCUT2D eigenvalue weighted by Gasteiger charge is -2.12. The summed E-state index contributed by atoms with van der Waals surface area (Å²) >= 11 is 0. The molecule has 0 radical (unpaired) electrons. The van der Waals surface area contributed by atoms with Crippen molar-refractivity contribution in [1.82, 2.24) is 14.6 Å². The first-order valence-corrected chi connectivity index (χ1v) is 14.2. The number of Topliss-reactive ketones (excluding diaryl/α,β-unsaturated/α-hetero) is 1. The van der Waals surface area contributed by atoms with Gasteiger partial charge in [-0.2, -0.15) is 13.8 Å². The molecule has 0 atom stereocenters. The molecule has 8 nitrogen and oxygen atoms in total. The number of ether oxygens (including phenoxy) is 1. The SMILES string of the molecule is CS(=O)(=O)c1ccc(Nc2nc3ccc(-c4ccc(CC(=O)Cc5ccc(F)cc5)cc4)cn3n2)c(OC(F)F)c1. The Morgan fingerprint density at radius 1 is 0.927 bits per heavy atom. The zero-order valence-corrected chi connectivity index (χ0v) is 22.4. The van der Waals surface area contributed by atoms with Gasteiger partial charge < -0.3 is 10.1 Å². The van der Waals surface area contributed by atoms with Gasteiger partial charge in [0.25, 0.3) is 0 Å². The van der Waals surface area contributed by atoms with Crippen LogP contribution in [0.5, 0.6) is 5.75 Å². The largest absolute Gasteiger partial charge is 0.433 e. The van der Waals surface area contributed by atoms with E-state index in [1.807, 2.05) is 30.3 Å². The molecule has 0 fully saturated rings. The van der Waals surface area contributed by atoms with Gasteiger partial charge in [-0.25, -0.2) is 17.3 Å². The van der Waals surface area contributed by atoms with Crippen LogP contribution in [0.2, 0.25) is 0 Å². The Morgan fingerprint density at radius 3 is 2.20 bits per heavy atom. The number of nitrogens with zero attached hydrogens (tertiary/aromatic N) is 3. The van der Waals surface area contributed by atoms with Crippen molar-refractivity contribution in [1.29, 1.82) is 0 Å². The van der Waals surface area contributed by atoms with Crippen LogP contribution in [0.15, 0.2) is 90.0 Å². The van der Waals surface area contributed by atoms with Crippen LogP contribution in [0, 0.1) is 5.82 Å². The van der Waals surface area contributed by atoms with Crippen LogP contribution in [0.1, 0.15) is 11.1 Å². The van der Waals surface area contributed by atoms with Crippen molar-refractivity contribution in [3.63, 3.8) is 0 Å². The number of anilines is 2. The van der Waals surface area contributed by atoms with Crippen LogP contribution in [0.25, 0.3) is 16.8 Å². The highest BCUT2D eigenvalue weighted by Crippen LogP contribution is 2.31. The highest BCUT2D eigenvalue weighted by Gasteiger charge is 2.17. The molecule has 3 aromatic carbocycles. The third-order valence-electron chi connectivity index (χ3n) is 6.18. The van der Waals surface area contributed by atoms with Crippen molar-refractivity contribution in [2.45, 2.75) is 24.3 Å². The van der Waals surface area contributed by atoms with Crippen molar-refractivity contribution < 1.29 is 31.1 Å². The quantitative estimate of drug-likeness (QED) is 0.228.